The smallest absolute Gasteiger partial charge is 0.121 e. The normalized spacial score (nSPS) is 14.2. The summed E-state index contributed by atoms with van der Waals surface area (Å²) in [5.41, 5.74) is 12.5. The summed E-state index contributed by atoms with van der Waals surface area (Å²) in [5, 5.41) is 3.76. The maximum Gasteiger partial charge on any atom is 0.121 e. The van der Waals surface area contributed by atoms with Crippen molar-refractivity contribution in [2.45, 2.75) is 111 Å². The third-order valence-corrected chi connectivity index (χ3v) is 14.1. The Morgan fingerprint density at radius 2 is 1.50 bits per heavy atom. The van der Waals surface area contributed by atoms with E-state index in [2.05, 4.69) is 169 Å². The van der Waals surface area contributed by atoms with Crippen molar-refractivity contribution in [1.29, 1.82) is 0 Å². The van der Waals surface area contributed by atoms with Crippen molar-refractivity contribution < 1.29 is 24.5 Å². The first-order valence-corrected chi connectivity index (χ1v) is 24.7. The standard InChI is InChI=1S/C28H24NO.C25H36NSi.Ir/c1-18(2)19(3)21-14-15-29-26(16-21)25-11-7-10-24-23-13-12-22(17-27(23)30-28(24)25)20-8-5-4-6-9-20;1-25(2,3)22-14-10-13-20(16-22)23-17-21(15-19-11-8-7-9-12-19)24(18-26-23)27(4,5)6;/h4-10,12-19H,1-3H3;10,14,16-19H,7-9,11-12,15H2,1-6H3;/q2*-1;. The van der Waals surface area contributed by atoms with E-state index in [1.807, 2.05) is 18.3 Å². The van der Waals surface area contributed by atoms with Crippen LogP contribution in [-0.4, -0.2) is 18.0 Å². The summed E-state index contributed by atoms with van der Waals surface area (Å²) >= 11 is 0. The average molecular weight is 961 g/mol. The Morgan fingerprint density at radius 1 is 0.759 bits per heavy atom. The first-order valence-electron chi connectivity index (χ1n) is 21.2. The van der Waals surface area contributed by atoms with Crippen molar-refractivity contribution in [2.75, 3.05) is 0 Å². The zero-order valence-corrected chi connectivity index (χ0v) is 39.4. The minimum absolute atomic E-state index is 0. The summed E-state index contributed by atoms with van der Waals surface area (Å²) in [6.07, 6.45) is 12.4. The molecule has 7 aromatic rings. The number of aromatic nitrogens is 2. The summed E-state index contributed by atoms with van der Waals surface area (Å²) < 4.78 is 6.38. The van der Waals surface area contributed by atoms with Crippen LogP contribution in [0, 0.1) is 24.0 Å². The molecule has 1 aliphatic carbocycles. The molecule has 1 saturated carbocycles. The van der Waals surface area contributed by atoms with Crippen molar-refractivity contribution in [3.63, 3.8) is 0 Å². The van der Waals surface area contributed by atoms with Crippen LogP contribution < -0.4 is 5.19 Å². The molecule has 0 spiro atoms. The summed E-state index contributed by atoms with van der Waals surface area (Å²) in [5.74, 6) is 1.90. The molecule has 58 heavy (non-hydrogen) atoms. The molecule has 5 heteroatoms. The fourth-order valence-corrected chi connectivity index (χ4v) is 9.85. The number of rotatable bonds is 8. The van der Waals surface area contributed by atoms with Gasteiger partial charge >= 0.3 is 0 Å². The minimum Gasteiger partial charge on any atom is -0.501 e. The molecule has 1 atom stereocenters. The Balaban J connectivity index is 0.000000193. The van der Waals surface area contributed by atoms with Crippen molar-refractivity contribution in [3.05, 3.63) is 138 Å². The summed E-state index contributed by atoms with van der Waals surface area (Å²) in [6, 6.07) is 40.9. The van der Waals surface area contributed by atoms with Crippen LogP contribution in [0.1, 0.15) is 96.3 Å². The number of hydrogen-bond donors (Lipinski definition) is 0. The zero-order valence-electron chi connectivity index (χ0n) is 36.0. The molecule has 0 aliphatic heterocycles. The van der Waals surface area contributed by atoms with Gasteiger partial charge in [0.2, 0.25) is 0 Å². The second-order valence-electron chi connectivity index (χ2n) is 18.7. The number of fused-ring (bicyclic) bond motifs is 3. The molecule has 1 aliphatic rings. The molecule has 1 radical (unpaired) electrons. The maximum atomic E-state index is 6.38. The minimum atomic E-state index is -1.40. The van der Waals surface area contributed by atoms with E-state index in [0.29, 0.717) is 11.8 Å². The Labute approximate surface area is 362 Å². The first-order chi connectivity index (χ1) is 27.3. The number of furan rings is 1. The van der Waals surface area contributed by atoms with Gasteiger partial charge in [-0.1, -0.05) is 170 Å². The number of benzene rings is 4. The monoisotopic (exact) mass is 961 g/mol. The van der Waals surface area contributed by atoms with E-state index in [-0.39, 0.29) is 25.5 Å². The van der Waals surface area contributed by atoms with Crippen molar-refractivity contribution in [1.82, 2.24) is 9.97 Å². The molecule has 0 saturated heterocycles. The summed E-state index contributed by atoms with van der Waals surface area (Å²) in [7, 11) is -1.40. The second kappa shape index (κ2) is 18.4. The van der Waals surface area contributed by atoms with E-state index >= 15 is 0 Å². The van der Waals surface area contributed by atoms with Crippen LogP contribution in [0.3, 0.4) is 0 Å². The Kier molecular flexibility index (Phi) is 13.8. The van der Waals surface area contributed by atoms with Crippen LogP contribution in [0.2, 0.25) is 19.6 Å². The molecular formula is C53H60IrN2OSi-2. The molecule has 0 N–H and O–H groups in total. The fraction of sp³-hybridized carbons (Fsp3) is 0.358. The maximum absolute atomic E-state index is 6.38. The molecule has 3 nitrogen and oxygen atoms in total. The third-order valence-electron chi connectivity index (χ3n) is 12.1. The Bertz CT molecular complexity index is 2450. The second-order valence-corrected chi connectivity index (χ2v) is 23.7. The number of nitrogens with zero attached hydrogens (tertiary/aromatic N) is 2. The van der Waals surface area contributed by atoms with Gasteiger partial charge in [0, 0.05) is 37.9 Å². The van der Waals surface area contributed by atoms with Crippen molar-refractivity contribution in [2.24, 2.45) is 11.8 Å². The predicted octanol–water partition coefficient (Wildman–Crippen LogP) is 14.4. The topological polar surface area (TPSA) is 38.9 Å². The van der Waals surface area contributed by atoms with Crippen LogP contribution in [-0.2, 0) is 31.9 Å². The van der Waals surface area contributed by atoms with Gasteiger partial charge in [-0.2, -0.15) is 0 Å². The van der Waals surface area contributed by atoms with Crippen LogP contribution in [0.25, 0.3) is 55.6 Å². The average Bonchev–Trinajstić information content (AvgIpc) is 3.59. The van der Waals surface area contributed by atoms with E-state index in [4.69, 9.17) is 9.40 Å². The van der Waals surface area contributed by atoms with Gasteiger partial charge in [-0.3, -0.25) is 0 Å². The molecule has 0 amide bonds. The quantitative estimate of drug-likeness (QED) is 0.113. The van der Waals surface area contributed by atoms with Gasteiger partial charge in [0.05, 0.1) is 13.7 Å². The Hall–Kier alpha value is -4.15. The fourth-order valence-electron chi connectivity index (χ4n) is 8.27. The van der Waals surface area contributed by atoms with Crippen molar-refractivity contribution in [3.8, 4) is 33.6 Å². The van der Waals surface area contributed by atoms with E-state index in [0.717, 1.165) is 55.9 Å². The molecule has 1 fully saturated rings. The van der Waals surface area contributed by atoms with E-state index in [1.165, 1.54) is 55.2 Å². The molecule has 8 rings (SSSR count). The SMILES string of the molecule is CC(C)(C)c1cc[c-]c(-c2cc(CC3CCCCC3)c([Si](C)(C)C)cn2)c1.CC(C)C(C)c1ccnc(-c2[c-]ccc3c2oc2cc(-c4ccccc4)ccc23)c1.[Ir]. The molecule has 4 aromatic carbocycles. The van der Waals surface area contributed by atoms with Gasteiger partial charge in [-0.05, 0) is 69.4 Å². The van der Waals surface area contributed by atoms with Gasteiger partial charge in [-0.15, -0.1) is 53.6 Å². The first kappa shape index (κ1) is 43.4. The van der Waals surface area contributed by atoms with E-state index in [9.17, 15) is 0 Å². The number of pyridine rings is 2. The van der Waals surface area contributed by atoms with Gasteiger partial charge in [0.15, 0.2) is 0 Å². The zero-order chi connectivity index (χ0) is 40.3. The van der Waals surface area contributed by atoms with Gasteiger partial charge < -0.3 is 14.4 Å². The molecule has 1 unspecified atom stereocenters. The third kappa shape index (κ3) is 9.99. The molecule has 0 bridgehead atoms. The van der Waals surface area contributed by atoms with Crippen molar-refractivity contribution >= 4 is 35.2 Å². The Morgan fingerprint density at radius 3 is 2.21 bits per heavy atom. The summed E-state index contributed by atoms with van der Waals surface area (Å²) in [6.45, 7) is 20.9. The molecule has 3 aromatic heterocycles. The van der Waals surface area contributed by atoms with Gasteiger partial charge in [0.1, 0.15) is 5.58 Å². The predicted molar refractivity (Wildman–Crippen MR) is 245 cm³/mol. The van der Waals surface area contributed by atoms with Gasteiger partial charge in [-0.25, -0.2) is 0 Å². The molecular weight excluding hydrogens is 901 g/mol. The van der Waals surface area contributed by atoms with Crippen LogP contribution in [0.15, 0.2) is 114 Å². The largest absolute Gasteiger partial charge is 0.501 e. The molecule has 3 heterocycles. The van der Waals surface area contributed by atoms with Crippen LogP contribution >= 0.6 is 0 Å². The van der Waals surface area contributed by atoms with Crippen LogP contribution in [0.5, 0.6) is 0 Å². The van der Waals surface area contributed by atoms with Crippen LogP contribution in [0.4, 0.5) is 0 Å². The summed E-state index contributed by atoms with van der Waals surface area (Å²) in [4.78, 5) is 9.54. The van der Waals surface area contributed by atoms with Gasteiger partial charge in [0.25, 0.3) is 0 Å². The van der Waals surface area contributed by atoms with E-state index in [1.54, 1.807) is 10.8 Å². The van der Waals surface area contributed by atoms with E-state index < -0.39 is 8.07 Å². The number of hydrogen-bond acceptors (Lipinski definition) is 3. The molecule has 303 valence electrons.